The fourth-order valence-corrected chi connectivity index (χ4v) is 7.95. The summed E-state index contributed by atoms with van der Waals surface area (Å²) < 4.78 is 1.28. The van der Waals surface area contributed by atoms with Crippen molar-refractivity contribution in [1.29, 1.82) is 0 Å². The summed E-state index contributed by atoms with van der Waals surface area (Å²) in [4.78, 5) is 50.6. The zero-order valence-electron chi connectivity index (χ0n) is 22.7. The Morgan fingerprint density at radius 1 is 0.829 bits per heavy atom. The molecule has 0 bridgehead atoms. The van der Waals surface area contributed by atoms with Crippen LogP contribution in [0.5, 0.6) is 0 Å². The third-order valence-electron chi connectivity index (χ3n) is 8.00. The Kier molecular flexibility index (Phi) is 6.59. The molecule has 41 heavy (non-hydrogen) atoms. The van der Waals surface area contributed by atoms with E-state index in [0.29, 0.717) is 43.9 Å². The molecule has 6 aromatic rings. The van der Waals surface area contributed by atoms with Crippen LogP contribution in [0.3, 0.4) is 0 Å². The third-order valence-corrected chi connectivity index (χ3v) is 9.97. The fraction of sp³-hybridized carbons (Fsp3) is 0.290. The molecule has 1 saturated carbocycles. The van der Waals surface area contributed by atoms with Gasteiger partial charge in [-0.25, -0.2) is 9.97 Å². The summed E-state index contributed by atoms with van der Waals surface area (Å²) in [5.41, 5.74) is 5.67. The van der Waals surface area contributed by atoms with Gasteiger partial charge in [0.2, 0.25) is 0 Å². The maximum absolute atomic E-state index is 13.0. The number of nitrogens with zero attached hydrogens (tertiary/aromatic N) is 4. The predicted octanol–water partition coefficient (Wildman–Crippen LogP) is 6.85. The topological polar surface area (TPSA) is 117 Å². The number of hydrogen-bond acceptors (Lipinski definition) is 8. The minimum absolute atomic E-state index is 0.0310. The quantitative estimate of drug-likeness (QED) is 0.222. The van der Waals surface area contributed by atoms with Crippen molar-refractivity contribution in [3.05, 3.63) is 90.9 Å². The van der Waals surface area contributed by atoms with Gasteiger partial charge in [-0.1, -0.05) is 38.8 Å². The number of thiophene rings is 2. The van der Waals surface area contributed by atoms with E-state index in [9.17, 15) is 9.59 Å². The van der Waals surface area contributed by atoms with Gasteiger partial charge in [0.1, 0.15) is 20.8 Å². The highest BCUT2D eigenvalue weighted by molar-refractivity contribution is 7.17. The third kappa shape index (κ3) is 4.61. The number of aromatic amines is 2. The van der Waals surface area contributed by atoms with Crippen molar-refractivity contribution in [2.24, 2.45) is 5.92 Å². The second-order valence-corrected chi connectivity index (χ2v) is 12.7. The molecule has 0 radical (unpaired) electrons. The summed E-state index contributed by atoms with van der Waals surface area (Å²) in [5, 5.41) is 4.14. The normalized spacial score (nSPS) is 14.9. The average molecular weight is 581 g/mol. The summed E-state index contributed by atoms with van der Waals surface area (Å²) >= 11 is 2.88. The molecule has 0 aliphatic heterocycles. The highest BCUT2D eigenvalue weighted by atomic mass is 32.1. The Balaban J connectivity index is 1.27. The fourth-order valence-electron chi connectivity index (χ4n) is 6.04. The summed E-state index contributed by atoms with van der Waals surface area (Å²) in [6, 6.07) is 9.50. The summed E-state index contributed by atoms with van der Waals surface area (Å²) in [6.07, 6.45) is 8.30. The SMILES string of the molecule is CC(C)C(c1ccc(-c2nc3c(C4CCCC4)csc3c(=O)[nH]2)nc1)c1csc2c(=O)[nH]c(-c3ccccn3)nc12. The first-order valence-corrected chi connectivity index (χ1v) is 15.6. The van der Waals surface area contributed by atoms with Crippen LogP contribution in [-0.2, 0) is 0 Å². The molecule has 206 valence electrons. The first-order chi connectivity index (χ1) is 20.0. The van der Waals surface area contributed by atoms with Gasteiger partial charge < -0.3 is 9.97 Å². The van der Waals surface area contributed by atoms with E-state index in [1.807, 2.05) is 41.9 Å². The summed E-state index contributed by atoms with van der Waals surface area (Å²) in [6.45, 7) is 4.31. The maximum Gasteiger partial charge on any atom is 0.269 e. The summed E-state index contributed by atoms with van der Waals surface area (Å²) in [7, 11) is 0. The molecular weight excluding hydrogens is 553 g/mol. The van der Waals surface area contributed by atoms with E-state index in [-0.39, 0.29) is 23.0 Å². The second-order valence-electron chi connectivity index (χ2n) is 11.0. The maximum atomic E-state index is 13.0. The van der Waals surface area contributed by atoms with Gasteiger partial charge in [-0.2, -0.15) is 0 Å². The first-order valence-electron chi connectivity index (χ1n) is 13.9. The van der Waals surface area contributed by atoms with Crippen LogP contribution in [0.4, 0.5) is 0 Å². The Labute approximate surface area is 243 Å². The number of rotatable bonds is 6. The van der Waals surface area contributed by atoms with E-state index in [1.54, 1.807) is 6.20 Å². The van der Waals surface area contributed by atoms with Crippen LogP contribution >= 0.6 is 22.7 Å². The Morgan fingerprint density at radius 2 is 1.51 bits per heavy atom. The lowest BCUT2D eigenvalue weighted by Crippen LogP contribution is -2.12. The number of hydrogen-bond donors (Lipinski definition) is 2. The second kappa shape index (κ2) is 10.4. The van der Waals surface area contributed by atoms with E-state index < -0.39 is 0 Å². The van der Waals surface area contributed by atoms with E-state index in [1.165, 1.54) is 41.1 Å². The van der Waals surface area contributed by atoms with Gasteiger partial charge in [0.25, 0.3) is 11.1 Å². The Hall–Kier alpha value is -4.02. The smallest absolute Gasteiger partial charge is 0.269 e. The highest BCUT2D eigenvalue weighted by Crippen LogP contribution is 2.40. The van der Waals surface area contributed by atoms with Crippen LogP contribution < -0.4 is 11.1 Å². The first kappa shape index (κ1) is 25.9. The van der Waals surface area contributed by atoms with E-state index in [4.69, 9.17) is 15.0 Å². The van der Waals surface area contributed by atoms with Crippen molar-refractivity contribution in [3.63, 3.8) is 0 Å². The van der Waals surface area contributed by atoms with Crippen LogP contribution in [0.15, 0.2) is 63.1 Å². The number of fused-ring (bicyclic) bond motifs is 2. The molecule has 1 fully saturated rings. The molecule has 8 nitrogen and oxygen atoms in total. The number of nitrogens with one attached hydrogen (secondary N) is 2. The van der Waals surface area contributed by atoms with Gasteiger partial charge in [0.15, 0.2) is 11.6 Å². The molecule has 6 aromatic heterocycles. The largest absolute Gasteiger partial charge is 0.304 e. The zero-order chi connectivity index (χ0) is 28.1. The van der Waals surface area contributed by atoms with Crippen molar-refractivity contribution in [2.75, 3.05) is 0 Å². The average Bonchev–Trinajstić information content (AvgIpc) is 3.74. The lowest BCUT2D eigenvalue weighted by Gasteiger charge is -2.21. The minimum Gasteiger partial charge on any atom is -0.304 e. The summed E-state index contributed by atoms with van der Waals surface area (Å²) in [5.74, 6) is 1.61. The van der Waals surface area contributed by atoms with E-state index in [2.05, 4.69) is 34.2 Å². The number of H-pyrrole nitrogens is 2. The molecule has 1 aliphatic carbocycles. The molecule has 0 saturated heterocycles. The highest BCUT2D eigenvalue weighted by Gasteiger charge is 2.26. The number of aromatic nitrogens is 6. The van der Waals surface area contributed by atoms with E-state index >= 15 is 0 Å². The van der Waals surface area contributed by atoms with Crippen molar-refractivity contribution in [2.45, 2.75) is 51.4 Å². The standard InChI is InChI=1S/C31H28N6O2S2/c1-16(2)23(20-15-41-27-25(20)35-28(36-31(27)39)21-9-5-6-12-32-21)18-10-11-22(33-13-18)29-34-24-19(17-7-3-4-8-17)14-40-26(24)30(38)37-29/h5-6,9-17,23H,3-4,7-8H2,1-2H3,(H,34,37,38)(H,35,36,39). The number of pyridine rings is 2. The lowest BCUT2D eigenvalue weighted by molar-refractivity contribution is 0.566. The van der Waals surface area contributed by atoms with Crippen LogP contribution in [-0.4, -0.2) is 29.9 Å². The van der Waals surface area contributed by atoms with Gasteiger partial charge >= 0.3 is 0 Å². The van der Waals surface area contributed by atoms with Gasteiger partial charge in [-0.3, -0.25) is 19.6 Å². The van der Waals surface area contributed by atoms with Crippen molar-refractivity contribution in [1.82, 2.24) is 29.9 Å². The lowest BCUT2D eigenvalue weighted by atomic mass is 9.84. The Bertz CT molecular complexity index is 1980. The predicted molar refractivity (Wildman–Crippen MR) is 165 cm³/mol. The van der Waals surface area contributed by atoms with Gasteiger partial charge in [0.05, 0.1) is 11.0 Å². The monoisotopic (exact) mass is 580 g/mol. The van der Waals surface area contributed by atoms with Crippen LogP contribution in [0.1, 0.15) is 68.1 Å². The molecule has 0 amide bonds. The van der Waals surface area contributed by atoms with Crippen LogP contribution in [0.25, 0.3) is 43.5 Å². The van der Waals surface area contributed by atoms with Crippen molar-refractivity contribution < 1.29 is 0 Å². The zero-order valence-corrected chi connectivity index (χ0v) is 24.3. The molecule has 1 atom stereocenters. The van der Waals surface area contributed by atoms with Crippen LogP contribution in [0, 0.1) is 5.92 Å². The molecule has 10 heteroatoms. The molecule has 6 heterocycles. The molecule has 1 aliphatic rings. The minimum atomic E-state index is -0.168. The van der Waals surface area contributed by atoms with Gasteiger partial charge in [0, 0.05) is 18.3 Å². The molecular formula is C31H28N6O2S2. The molecule has 0 spiro atoms. The molecule has 7 rings (SSSR count). The van der Waals surface area contributed by atoms with Crippen LogP contribution in [0.2, 0.25) is 0 Å². The molecule has 1 unspecified atom stereocenters. The van der Waals surface area contributed by atoms with Crippen molar-refractivity contribution in [3.8, 4) is 23.0 Å². The van der Waals surface area contributed by atoms with E-state index in [0.717, 1.165) is 29.5 Å². The van der Waals surface area contributed by atoms with Crippen molar-refractivity contribution >= 4 is 43.1 Å². The van der Waals surface area contributed by atoms with Gasteiger partial charge in [-0.05, 0) is 70.3 Å². The molecule has 0 aromatic carbocycles. The molecule has 2 N–H and O–H groups in total. The Morgan fingerprint density at radius 3 is 2.17 bits per heavy atom. The van der Waals surface area contributed by atoms with Gasteiger partial charge in [-0.15, -0.1) is 22.7 Å².